The highest BCUT2D eigenvalue weighted by atomic mass is 16.5. The van der Waals surface area contributed by atoms with Crippen molar-refractivity contribution in [2.75, 3.05) is 19.8 Å². The van der Waals surface area contributed by atoms with Gasteiger partial charge in [-0.15, -0.1) is 0 Å². The third kappa shape index (κ3) is 10.2. The quantitative estimate of drug-likeness (QED) is 0.251. The molecule has 0 bridgehead atoms. The lowest BCUT2D eigenvalue weighted by Gasteiger charge is -2.08. The Labute approximate surface area is 184 Å². The van der Waals surface area contributed by atoms with E-state index in [1.54, 1.807) is 0 Å². The van der Waals surface area contributed by atoms with E-state index >= 15 is 0 Å². The molecule has 0 aliphatic carbocycles. The molecule has 0 saturated carbocycles. The Bertz CT molecular complexity index is 652. The lowest BCUT2D eigenvalue weighted by Crippen LogP contribution is -1.98. The largest absolute Gasteiger partial charge is 0.494 e. The van der Waals surface area contributed by atoms with Gasteiger partial charge in [-0.25, -0.2) is 0 Å². The number of benzene rings is 1. The summed E-state index contributed by atoms with van der Waals surface area (Å²) < 4.78 is 11.4. The van der Waals surface area contributed by atoms with Gasteiger partial charge in [-0.05, 0) is 61.6 Å². The second-order valence-electron chi connectivity index (χ2n) is 8.12. The summed E-state index contributed by atoms with van der Waals surface area (Å²) >= 11 is 0. The van der Waals surface area contributed by atoms with Crippen molar-refractivity contribution in [1.82, 2.24) is 4.98 Å². The topological polar surface area (TPSA) is 31.4 Å². The third-order valence-corrected chi connectivity index (χ3v) is 5.34. The number of nitrogens with zero attached hydrogens (tertiary/aromatic N) is 1. The van der Waals surface area contributed by atoms with E-state index in [4.69, 9.17) is 9.47 Å². The summed E-state index contributed by atoms with van der Waals surface area (Å²) in [5.74, 6) is 0.949. The highest BCUT2D eigenvalue weighted by molar-refractivity contribution is 5.60. The van der Waals surface area contributed by atoms with Crippen LogP contribution in [-0.4, -0.2) is 24.8 Å². The van der Waals surface area contributed by atoms with Crippen LogP contribution in [0.5, 0.6) is 5.75 Å². The van der Waals surface area contributed by atoms with Crippen molar-refractivity contribution < 1.29 is 9.47 Å². The molecule has 0 radical (unpaired) electrons. The minimum absolute atomic E-state index is 0.809. The zero-order valence-electron chi connectivity index (χ0n) is 19.2. The Balaban J connectivity index is 1.64. The number of rotatable bonds is 17. The second kappa shape index (κ2) is 15.9. The van der Waals surface area contributed by atoms with Crippen LogP contribution in [-0.2, 0) is 11.2 Å². The van der Waals surface area contributed by atoms with Crippen LogP contribution in [0, 0.1) is 0 Å². The molecule has 3 nitrogen and oxygen atoms in total. The molecule has 0 saturated heterocycles. The minimum Gasteiger partial charge on any atom is -0.494 e. The van der Waals surface area contributed by atoms with Crippen LogP contribution < -0.4 is 4.74 Å². The highest BCUT2D eigenvalue weighted by Crippen LogP contribution is 2.21. The number of aryl methyl sites for hydroxylation is 1. The van der Waals surface area contributed by atoms with Crippen LogP contribution in [0.2, 0.25) is 0 Å². The smallest absolute Gasteiger partial charge is 0.119 e. The first-order valence-electron chi connectivity index (χ1n) is 12.1. The lowest BCUT2D eigenvalue weighted by molar-refractivity contribution is 0.132. The van der Waals surface area contributed by atoms with Crippen LogP contribution >= 0.6 is 0 Å². The zero-order valence-corrected chi connectivity index (χ0v) is 19.2. The molecule has 3 heteroatoms. The standard InChI is InChI=1S/C27H41NO2/c1-3-5-6-7-8-9-10-11-22-30-26-17-15-25(16-18-26)27-19-14-24(23-28-27)13-12-21-29-20-4-2/h14-19,23H,3-13,20-22H2,1-2H3. The molecule has 0 N–H and O–H groups in total. The fourth-order valence-corrected chi connectivity index (χ4v) is 3.52. The van der Waals surface area contributed by atoms with Gasteiger partial charge in [0.1, 0.15) is 5.75 Å². The Morgan fingerprint density at radius 3 is 2.07 bits per heavy atom. The van der Waals surface area contributed by atoms with E-state index in [0.29, 0.717) is 0 Å². The first-order chi connectivity index (χ1) is 14.8. The van der Waals surface area contributed by atoms with E-state index in [2.05, 4.69) is 55.2 Å². The van der Waals surface area contributed by atoms with Crippen LogP contribution in [0.4, 0.5) is 0 Å². The number of aromatic nitrogens is 1. The normalized spacial score (nSPS) is 11.0. The highest BCUT2D eigenvalue weighted by Gasteiger charge is 2.02. The van der Waals surface area contributed by atoms with Gasteiger partial charge in [-0.1, -0.05) is 64.9 Å². The monoisotopic (exact) mass is 411 g/mol. The molecule has 1 aromatic heterocycles. The van der Waals surface area contributed by atoms with E-state index in [1.165, 1.54) is 50.5 Å². The van der Waals surface area contributed by atoms with Gasteiger partial charge in [0.05, 0.1) is 12.3 Å². The Hall–Kier alpha value is -1.87. The SMILES string of the molecule is CCCCCCCCCCOc1ccc(-c2ccc(CCCOCCC)cn2)cc1. The molecule has 166 valence electrons. The predicted molar refractivity (Wildman–Crippen MR) is 127 cm³/mol. The van der Waals surface area contributed by atoms with Crippen molar-refractivity contribution in [1.29, 1.82) is 0 Å². The van der Waals surface area contributed by atoms with Crippen molar-refractivity contribution in [3.63, 3.8) is 0 Å². The van der Waals surface area contributed by atoms with Crippen molar-refractivity contribution in [3.8, 4) is 17.0 Å². The summed E-state index contributed by atoms with van der Waals surface area (Å²) in [6, 6.07) is 12.6. The summed E-state index contributed by atoms with van der Waals surface area (Å²) in [5, 5.41) is 0. The van der Waals surface area contributed by atoms with Gasteiger partial charge >= 0.3 is 0 Å². The molecule has 0 amide bonds. The van der Waals surface area contributed by atoms with Gasteiger partial charge in [0, 0.05) is 25.0 Å². The average molecular weight is 412 g/mol. The molecule has 1 aromatic carbocycles. The van der Waals surface area contributed by atoms with Gasteiger partial charge in [0.15, 0.2) is 0 Å². The van der Waals surface area contributed by atoms with Gasteiger partial charge in [0.2, 0.25) is 0 Å². The Morgan fingerprint density at radius 2 is 1.40 bits per heavy atom. The summed E-state index contributed by atoms with van der Waals surface area (Å²) in [5.41, 5.74) is 3.41. The molecular formula is C27H41NO2. The predicted octanol–water partition coefficient (Wildman–Crippen LogP) is 7.63. The molecule has 0 fully saturated rings. The summed E-state index contributed by atoms with van der Waals surface area (Å²) in [6.45, 7) is 6.90. The van der Waals surface area contributed by atoms with Crippen molar-refractivity contribution >= 4 is 0 Å². The molecule has 30 heavy (non-hydrogen) atoms. The molecular weight excluding hydrogens is 370 g/mol. The van der Waals surface area contributed by atoms with Crippen LogP contribution in [0.15, 0.2) is 42.6 Å². The number of unbranched alkanes of at least 4 members (excludes halogenated alkanes) is 7. The molecule has 0 atom stereocenters. The van der Waals surface area contributed by atoms with Gasteiger partial charge < -0.3 is 9.47 Å². The van der Waals surface area contributed by atoms with Gasteiger partial charge in [-0.3, -0.25) is 4.98 Å². The maximum absolute atomic E-state index is 5.90. The first-order valence-corrected chi connectivity index (χ1v) is 12.1. The Kier molecular flexibility index (Phi) is 12.9. The number of hydrogen-bond acceptors (Lipinski definition) is 3. The van der Waals surface area contributed by atoms with Crippen LogP contribution in [0.3, 0.4) is 0 Å². The van der Waals surface area contributed by atoms with E-state index < -0.39 is 0 Å². The molecule has 0 aliphatic rings. The fraction of sp³-hybridized carbons (Fsp3) is 0.593. The third-order valence-electron chi connectivity index (χ3n) is 5.34. The van der Waals surface area contributed by atoms with E-state index in [9.17, 15) is 0 Å². The molecule has 0 spiro atoms. The molecule has 0 aliphatic heterocycles. The van der Waals surface area contributed by atoms with E-state index in [-0.39, 0.29) is 0 Å². The maximum atomic E-state index is 5.90. The van der Waals surface area contributed by atoms with E-state index in [0.717, 1.165) is 62.5 Å². The maximum Gasteiger partial charge on any atom is 0.119 e. The van der Waals surface area contributed by atoms with Crippen LogP contribution in [0.25, 0.3) is 11.3 Å². The van der Waals surface area contributed by atoms with Crippen LogP contribution in [0.1, 0.15) is 83.6 Å². The van der Waals surface area contributed by atoms with Gasteiger partial charge in [-0.2, -0.15) is 0 Å². The van der Waals surface area contributed by atoms with Gasteiger partial charge in [0.25, 0.3) is 0 Å². The average Bonchev–Trinajstić information content (AvgIpc) is 2.79. The van der Waals surface area contributed by atoms with Crippen molar-refractivity contribution in [3.05, 3.63) is 48.2 Å². The molecule has 2 aromatic rings. The summed E-state index contributed by atoms with van der Waals surface area (Å²) in [6.07, 6.45) is 15.7. The van der Waals surface area contributed by atoms with Crippen molar-refractivity contribution in [2.24, 2.45) is 0 Å². The summed E-state index contributed by atoms with van der Waals surface area (Å²) in [4.78, 5) is 4.63. The zero-order chi connectivity index (χ0) is 21.3. The van der Waals surface area contributed by atoms with Crippen molar-refractivity contribution in [2.45, 2.75) is 84.5 Å². The second-order valence-corrected chi connectivity index (χ2v) is 8.12. The number of pyridine rings is 1. The number of hydrogen-bond donors (Lipinski definition) is 0. The molecule has 2 rings (SSSR count). The molecule has 0 unspecified atom stereocenters. The first kappa shape index (κ1) is 24.4. The van der Waals surface area contributed by atoms with E-state index in [1.807, 2.05) is 6.20 Å². The fourth-order valence-electron chi connectivity index (χ4n) is 3.52. The summed E-state index contributed by atoms with van der Waals surface area (Å²) in [7, 11) is 0. The minimum atomic E-state index is 0.809. The molecule has 1 heterocycles. The lowest BCUT2D eigenvalue weighted by atomic mass is 10.1. The number of ether oxygens (including phenoxy) is 2. The Morgan fingerprint density at radius 1 is 0.667 bits per heavy atom.